The highest BCUT2D eigenvalue weighted by atomic mass is 16.5. The van der Waals surface area contributed by atoms with Crippen LogP contribution in [0.25, 0.3) is 5.69 Å². The fourth-order valence-corrected chi connectivity index (χ4v) is 2.60. The van der Waals surface area contributed by atoms with Crippen LogP contribution in [-0.4, -0.2) is 16.4 Å². The van der Waals surface area contributed by atoms with Gasteiger partial charge in [-0.05, 0) is 36.8 Å². The van der Waals surface area contributed by atoms with E-state index >= 15 is 0 Å². The molecule has 0 saturated heterocycles. The summed E-state index contributed by atoms with van der Waals surface area (Å²) < 4.78 is 7.29. The van der Waals surface area contributed by atoms with E-state index < -0.39 is 18.0 Å². The molecule has 0 saturated carbocycles. The van der Waals surface area contributed by atoms with Gasteiger partial charge in [0.2, 0.25) is 6.10 Å². The fourth-order valence-electron chi connectivity index (χ4n) is 2.60. The van der Waals surface area contributed by atoms with Gasteiger partial charge in [0.1, 0.15) is 0 Å². The van der Waals surface area contributed by atoms with Crippen molar-refractivity contribution in [3.63, 3.8) is 0 Å². The molecule has 25 heavy (non-hydrogen) atoms. The van der Waals surface area contributed by atoms with Gasteiger partial charge in [-0.2, -0.15) is 0 Å². The van der Waals surface area contributed by atoms with E-state index in [4.69, 9.17) is 10.5 Å². The first-order valence-corrected chi connectivity index (χ1v) is 7.85. The smallest absolute Gasteiger partial charge is 0.339 e. The van der Waals surface area contributed by atoms with Crippen molar-refractivity contribution in [1.29, 1.82) is 0 Å². The van der Waals surface area contributed by atoms with Crippen LogP contribution in [0.1, 0.15) is 27.6 Å². The number of hydrogen-bond donors (Lipinski definition) is 1. The summed E-state index contributed by atoms with van der Waals surface area (Å²) in [5.74, 6) is -1.31. The summed E-state index contributed by atoms with van der Waals surface area (Å²) in [7, 11) is 0. The molecule has 2 aromatic carbocycles. The largest absolute Gasteiger partial charge is 0.444 e. The third kappa shape index (κ3) is 3.61. The van der Waals surface area contributed by atoms with Crippen molar-refractivity contribution < 1.29 is 14.3 Å². The number of aryl methyl sites for hydroxylation is 1. The number of primary amides is 1. The summed E-state index contributed by atoms with van der Waals surface area (Å²) in [6, 6.07) is 17.8. The zero-order valence-corrected chi connectivity index (χ0v) is 13.8. The van der Waals surface area contributed by atoms with E-state index in [0.29, 0.717) is 11.1 Å². The number of hydrogen-bond acceptors (Lipinski definition) is 3. The summed E-state index contributed by atoms with van der Waals surface area (Å²) in [6.45, 7) is 1.96. The second kappa shape index (κ2) is 7.05. The van der Waals surface area contributed by atoms with E-state index in [-0.39, 0.29) is 0 Å². The van der Waals surface area contributed by atoms with Crippen molar-refractivity contribution in [2.45, 2.75) is 13.0 Å². The molecule has 2 N–H and O–H groups in total. The minimum absolute atomic E-state index is 0.358. The molecule has 0 aliphatic rings. The topological polar surface area (TPSA) is 74.3 Å². The van der Waals surface area contributed by atoms with Crippen LogP contribution >= 0.6 is 0 Å². The van der Waals surface area contributed by atoms with Gasteiger partial charge in [-0.25, -0.2) is 4.79 Å². The number of nitrogens with two attached hydrogens (primary N) is 1. The van der Waals surface area contributed by atoms with Gasteiger partial charge in [-0.15, -0.1) is 0 Å². The lowest BCUT2D eigenvalue weighted by atomic mass is 10.1. The van der Waals surface area contributed by atoms with Gasteiger partial charge in [0.15, 0.2) is 0 Å². The first kappa shape index (κ1) is 16.5. The molecule has 0 aliphatic heterocycles. The number of benzene rings is 2. The molecular weight excluding hydrogens is 316 g/mol. The number of aromatic nitrogens is 1. The van der Waals surface area contributed by atoms with Crippen molar-refractivity contribution in [2.75, 3.05) is 0 Å². The van der Waals surface area contributed by atoms with Crippen LogP contribution < -0.4 is 5.73 Å². The molecule has 3 rings (SSSR count). The Labute approximate surface area is 145 Å². The van der Waals surface area contributed by atoms with Crippen LogP contribution in [0.5, 0.6) is 0 Å². The van der Waals surface area contributed by atoms with E-state index in [0.717, 1.165) is 11.3 Å². The average molecular weight is 334 g/mol. The molecule has 5 nitrogen and oxygen atoms in total. The van der Waals surface area contributed by atoms with Crippen LogP contribution in [0.15, 0.2) is 73.1 Å². The van der Waals surface area contributed by atoms with Gasteiger partial charge < -0.3 is 15.0 Å². The predicted molar refractivity (Wildman–Crippen MR) is 94.3 cm³/mol. The van der Waals surface area contributed by atoms with Crippen LogP contribution in [0, 0.1) is 6.92 Å². The Morgan fingerprint density at radius 1 is 1.00 bits per heavy atom. The van der Waals surface area contributed by atoms with E-state index in [1.807, 2.05) is 48.1 Å². The van der Waals surface area contributed by atoms with Crippen molar-refractivity contribution in [3.8, 4) is 5.69 Å². The van der Waals surface area contributed by atoms with Crippen molar-refractivity contribution in [2.24, 2.45) is 5.73 Å². The zero-order valence-electron chi connectivity index (χ0n) is 13.8. The maximum absolute atomic E-state index is 12.5. The molecule has 1 heterocycles. The number of carbonyl (C=O) groups is 2. The molecule has 0 bridgehead atoms. The van der Waals surface area contributed by atoms with Gasteiger partial charge in [-0.1, -0.05) is 36.4 Å². The lowest BCUT2D eigenvalue weighted by Crippen LogP contribution is -2.26. The average Bonchev–Trinajstić information content (AvgIpc) is 3.14. The lowest BCUT2D eigenvalue weighted by Gasteiger charge is -2.16. The quantitative estimate of drug-likeness (QED) is 0.728. The van der Waals surface area contributed by atoms with E-state index in [1.165, 1.54) is 0 Å². The van der Waals surface area contributed by atoms with Gasteiger partial charge in [0.05, 0.1) is 5.56 Å². The minimum Gasteiger partial charge on any atom is -0.444 e. The van der Waals surface area contributed by atoms with Gasteiger partial charge in [0.25, 0.3) is 5.91 Å². The lowest BCUT2D eigenvalue weighted by molar-refractivity contribution is -0.127. The first-order chi connectivity index (χ1) is 12.1. The van der Waals surface area contributed by atoms with Gasteiger partial charge in [0, 0.05) is 23.6 Å². The van der Waals surface area contributed by atoms with Crippen LogP contribution in [-0.2, 0) is 9.53 Å². The normalized spacial score (nSPS) is 11.7. The number of esters is 1. The Balaban J connectivity index is 1.88. The van der Waals surface area contributed by atoms with Crippen LogP contribution in [0.4, 0.5) is 0 Å². The number of carbonyl (C=O) groups excluding carboxylic acids is 2. The summed E-state index contributed by atoms with van der Waals surface area (Å²) in [5, 5.41) is 0. The predicted octanol–water partition coefficient (Wildman–Crippen LogP) is 3.17. The zero-order chi connectivity index (χ0) is 17.8. The molecule has 1 amide bonds. The highest BCUT2D eigenvalue weighted by molar-refractivity contribution is 5.93. The fraction of sp³-hybridized carbons (Fsp3) is 0.100. The number of ether oxygens (including phenoxy) is 1. The van der Waals surface area contributed by atoms with Gasteiger partial charge >= 0.3 is 5.97 Å². The molecule has 0 radical (unpaired) electrons. The maximum atomic E-state index is 12.5. The summed E-state index contributed by atoms with van der Waals surface area (Å²) in [6.07, 6.45) is 2.67. The molecule has 0 aliphatic carbocycles. The molecule has 0 fully saturated rings. The van der Waals surface area contributed by atoms with E-state index in [9.17, 15) is 9.59 Å². The van der Waals surface area contributed by atoms with Crippen molar-refractivity contribution >= 4 is 11.9 Å². The van der Waals surface area contributed by atoms with Crippen LogP contribution in [0.3, 0.4) is 0 Å². The summed E-state index contributed by atoms with van der Waals surface area (Å²) in [5.41, 5.74) is 8.19. The highest BCUT2D eigenvalue weighted by Gasteiger charge is 2.23. The molecule has 1 unspecified atom stereocenters. The van der Waals surface area contributed by atoms with E-state index in [1.54, 1.807) is 36.4 Å². The number of rotatable bonds is 5. The minimum atomic E-state index is -1.12. The molecule has 1 atom stereocenters. The molecule has 126 valence electrons. The number of amides is 1. The second-order valence-corrected chi connectivity index (χ2v) is 5.69. The van der Waals surface area contributed by atoms with Crippen molar-refractivity contribution in [3.05, 3.63) is 89.7 Å². The van der Waals surface area contributed by atoms with Crippen molar-refractivity contribution in [1.82, 2.24) is 4.57 Å². The maximum Gasteiger partial charge on any atom is 0.339 e. The summed E-state index contributed by atoms with van der Waals surface area (Å²) >= 11 is 0. The van der Waals surface area contributed by atoms with Crippen LogP contribution in [0.2, 0.25) is 0 Å². The number of nitrogens with zero attached hydrogens (tertiary/aromatic N) is 1. The molecule has 0 spiro atoms. The molecule has 5 heteroatoms. The molecule has 3 aromatic rings. The van der Waals surface area contributed by atoms with Gasteiger partial charge in [-0.3, -0.25) is 4.79 Å². The monoisotopic (exact) mass is 334 g/mol. The van der Waals surface area contributed by atoms with E-state index in [2.05, 4.69) is 0 Å². The third-order valence-corrected chi connectivity index (χ3v) is 3.91. The second-order valence-electron chi connectivity index (χ2n) is 5.69. The molecule has 1 aromatic heterocycles. The Kier molecular flexibility index (Phi) is 4.66. The Morgan fingerprint density at radius 3 is 2.32 bits per heavy atom. The highest BCUT2D eigenvalue weighted by Crippen LogP contribution is 2.21. The molecular formula is C20H18N2O3. The third-order valence-electron chi connectivity index (χ3n) is 3.91. The summed E-state index contributed by atoms with van der Waals surface area (Å²) in [4.78, 5) is 24.2. The SMILES string of the molecule is Cc1ccc(C(=O)OC(C(N)=O)c2ccccc2)cc1-n1cccc1. The Morgan fingerprint density at radius 2 is 1.68 bits per heavy atom. The first-order valence-electron chi connectivity index (χ1n) is 7.85. The standard InChI is InChI=1S/C20H18N2O3/c1-14-9-10-16(13-17(14)22-11-5-6-12-22)20(24)25-18(19(21)23)15-7-3-2-4-8-15/h2-13,18H,1H3,(H2,21,23). The Bertz CT molecular complexity index is 887. The Hall–Kier alpha value is -3.34.